The fourth-order valence-corrected chi connectivity index (χ4v) is 2.34. The number of carbonyl (C=O) groups excluding carboxylic acids is 1. The Morgan fingerprint density at radius 3 is 2.21 bits per heavy atom. The number of ether oxygens (including phenoxy) is 1. The Morgan fingerprint density at radius 1 is 1.08 bits per heavy atom. The highest BCUT2D eigenvalue weighted by Gasteiger charge is 2.22. The van der Waals surface area contributed by atoms with E-state index in [4.69, 9.17) is 10.5 Å². The Bertz CT molecular complexity index is 694. The van der Waals surface area contributed by atoms with E-state index in [1.165, 1.54) is 7.11 Å². The summed E-state index contributed by atoms with van der Waals surface area (Å²) in [4.78, 5) is 16.7. The summed E-state index contributed by atoms with van der Waals surface area (Å²) in [5.41, 5.74) is 8.49. The van der Waals surface area contributed by atoms with Crippen LogP contribution in [0.2, 0.25) is 0 Å². The number of rotatable bonds is 7. The zero-order chi connectivity index (χ0) is 17.2. The van der Waals surface area contributed by atoms with Crippen molar-refractivity contribution < 1.29 is 9.53 Å². The van der Waals surface area contributed by atoms with E-state index in [0.717, 1.165) is 16.7 Å². The van der Waals surface area contributed by atoms with Gasteiger partial charge in [0, 0.05) is 6.21 Å². The fraction of sp³-hybridized carbons (Fsp3) is 0.200. The lowest BCUT2D eigenvalue weighted by molar-refractivity contribution is -0.141. The lowest BCUT2D eigenvalue weighted by Gasteiger charge is -2.14. The van der Waals surface area contributed by atoms with E-state index in [1.807, 2.05) is 66.7 Å². The molecule has 0 saturated carbocycles. The summed E-state index contributed by atoms with van der Waals surface area (Å²) in [5, 5.41) is 0. The lowest BCUT2D eigenvalue weighted by atomic mass is 10.0. The van der Waals surface area contributed by atoms with E-state index in [9.17, 15) is 4.79 Å². The number of nitrogens with two attached hydrogens (primary N) is 1. The van der Waals surface area contributed by atoms with Crippen LogP contribution in [0.15, 0.2) is 71.2 Å². The zero-order valence-corrected chi connectivity index (χ0v) is 13.8. The molecule has 2 aromatic rings. The minimum atomic E-state index is -0.695. The minimum Gasteiger partial charge on any atom is -0.467 e. The van der Waals surface area contributed by atoms with Crippen LogP contribution in [-0.4, -0.2) is 31.9 Å². The van der Waals surface area contributed by atoms with Gasteiger partial charge in [-0.15, -0.1) is 0 Å². The van der Waals surface area contributed by atoms with Crippen LogP contribution < -0.4 is 5.73 Å². The fourth-order valence-electron chi connectivity index (χ4n) is 2.34. The first-order valence-electron chi connectivity index (χ1n) is 7.86. The standard InChI is InChI=1S/C20H22N2O2/c1-24-20(23)19(22-15-17-10-6-3-7-11-17)18(12-13-21)14-16-8-4-2-5-9-16/h2-11,14-15,19H,12-13,21H2,1H3/t19-/m0/s1. The van der Waals surface area contributed by atoms with Crippen molar-refractivity contribution in [2.45, 2.75) is 12.5 Å². The molecule has 0 spiro atoms. The van der Waals surface area contributed by atoms with Gasteiger partial charge >= 0.3 is 5.97 Å². The van der Waals surface area contributed by atoms with E-state index in [0.29, 0.717) is 13.0 Å². The van der Waals surface area contributed by atoms with Crippen LogP contribution in [0.4, 0.5) is 0 Å². The van der Waals surface area contributed by atoms with E-state index in [1.54, 1.807) is 6.21 Å². The smallest absolute Gasteiger partial charge is 0.334 e. The third-order valence-corrected chi connectivity index (χ3v) is 3.53. The summed E-state index contributed by atoms with van der Waals surface area (Å²) >= 11 is 0. The molecule has 0 heterocycles. The summed E-state index contributed by atoms with van der Waals surface area (Å²) in [6, 6.07) is 18.8. The van der Waals surface area contributed by atoms with Crippen molar-refractivity contribution in [3.05, 3.63) is 77.4 Å². The number of hydrogen-bond acceptors (Lipinski definition) is 4. The van der Waals surface area contributed by atoms with Crippen molar-refractivity contribution in [2.75, 3.05) is 13.7 Å². The summed E-state index contributed by atoms with van der Waals surface area (Å²) < 4.78 is 4.93. The second kappa shape index (κ2) is 9.43. The SMILES string of the molecule is COC(=O)[C@@H](N=Cc1ccccc1)C(=Cc1ccccc1)CCN. The van der Waals surface area contributed by atoms with Gasteiger partial charge in [-0.3, -0.25) is 4.99 Å². The number of hydrogen-bond donors (Lipinski definition) is 1. The molecule has 0 saturated heterocycles. The van der Waals surface area contributed by atoms with Gasteiger partial charge in [-0.25, -0.2) is 4.79 Å². The minimum absolute atomic E-state index is 0.391. The first-order chi connectivity index (χ1) is 11.7. The lowest BCUT2D eigenvalue weighted by Crippen LogP contribution is -2.24. The molecule has 2 rings (SSSR count). The summed E-state index contributed by atoms with van der Waals surface area (Å²) in [6.07, 6.45) is 4.22. The van der Waals surface area contributed by atoms with Crippen molar-refractivity contribution in [2.24, 2.45) is 10.7 Å². The van der Waals surface area contributed by atoms with E-state index in [-0.39, 0.29) is 0 Å². The predicted octanol–water partition coefficient (Wildman–Crippen LogP) is 3.08. The largest absolute Gasteiger partial charge is 0.467 e. The third-order valence-electron chi connectivity index (χ3n) is 3.53. The zero-order valence-electron chi connectivity index (χ0n) is 13.8. The summed E-state index contributed by atoms with van der Waals surface area (Å²) in [5.74, 6) is -0.391. The van der Waals surface area contributed by atoms with Gasteiger partial charge in [-0.05, 0) is 29.7 Å². The van der Waals surface area contributed by atoms with Crippen LogP contribution in [0.25, 0.3) is 6.08 Å². The molecule has 4 heteroatoms. The topological polar surface area (TPSA) is 64.7 Å². The number of nitrogens with zero attached hydrogens (tertiary/aromatic N) is 1. The summed E-state index contributed by atoms with van der Waals surface area (Å²) in [7, 11) is 1.37. The van der Waals surface area contributed by atoms with Gasteiger partial charge in [-0.1, -0.05) is 66.7 Å². The maximum atomic E-state index is 12.2. The van der Waals surface area contributed by atoms with Crippen molar-refractivity contribution in [3.63, 3.8) is 0 Å². The van der Waals surface area contributed by atoms with Crippen LogP contribution in [0.1, 0.15) is 17.5 Å². The third kappa shape index (κ3) is 5.18. The Kier molecular flexibility index (Phi) is 6.92. The highest BCUT2D eigenvalue weighted by molar-refractivity contribution is 5.87. The monoisotopic (exact) mass is 322 g/mol. The van der Waals surface area contributed by atoms with Gasteiger partial charge in [-0.2, -0.15) is 0 Å². The molecule has 0 radical (unpaired) electrons. The first-order valence-corrected chi connectivity index (χ1v) is 7.86. The van der Waals surface area contributed by atoms with Crippen LogP contribution >= 0.6 is 0 Å². The molecule has 2 N–H and O–H groups in total. The van der Waals surface area contributed by atoms with Gasteiger partial charge in [0.25, 0.3) is 0 Å². The maximum absolute atomic E-state index is 12.2. The van der Waals surface area contributed by atoms with Crippen LogP contribution in [0.5, 0.6) is 0 Å². The number of aliphatic imine (C=N–C) groups is 1. The average molecular weight is 322 g/mol. The Morgan fingerprint density at radius 2 is 1.67 bits per heavy atom. The summed E-state index contributed by atoms with van der Waals surface area (Å²) in [6.45, 7) is 0.438. The number of methoxy groups -OCH3 is 1. The number of benzene rings is 2. The maximum Gasteiger partial charge on any atom is 0.334 e. The molecular weight excluding hydrogens is 300 g/mol. The van der Waals surface area contributed by atoms with E-state index < -0.39 is 12.0 Å². The van der Waals surface area contributed by atoms with Crippen molar-refractivity contribution in [1.82, 2.24) is 0 Å². The second-order valence-corrected chi connectivity index (χ2v) is 5.28. The molecule has 0 fully saturated rings. The molecule has 2 aromatic carbocycles. The van der Waals surface area contributed by atoms with Crippen LogP contribution in [0.3, 0.4) is 0 Å². The van der Waals surface area contributed by atoms with Gasteiger partial charge in [0.2, 0.25) is 0 Å². The molecule has 0 bridgehead atoms. The second-order valence-electron chi connectivity index (χ2n) is 5.28. The van der Waals surface area contributed by atoms with Gasteiger partial charge in [0.1, 0.15) is 0 Å². The first kappa shape index (κ1) is 17.6. The predicted molar refractivity (Wildman–Crippen MR) is 97.9 cm³/mol. The molecule has 4 nitrogen and oxygen atoms in total. The molecule has 124 valence electrons. The van der Waals surface area contributed by atoms with Crippen molar-refractivity contribution >= 4 is 18.3 Å². The molecule has 0 aliphatic carbocycles. The highest BCUT2D eigenvalue weighted by Crippen LogP contribution is 2.17. The van der Waals surface area contributed by atoms with Gasteiger partial charge < -0.3 is 10.5 Å². The molecule has 0 aliphatic rings. The molecule has 0 aromatic heterocycles. The van der Waals surface area contributed by atoms with Crippen molar-refractivity contribution in [3.8, 4) is 0 Å². The quantitative estimate of drug-likeness (QED) is 0.629. The van der Waals surface area contributed by atoms with Gasteiger partial charge in [0.05, 0.1) is 7.11 Å². The Balaban J connectivity index is 2.34. The van der Waals surface area contributed by atoms with Crippen LogP contribution in [-0.2, 0) is 9.53 Å². The van der Waals surface area contributed by atoms with Crippen LogP contribution in [0, 0.1) is 0 Å². The molecule has 0 aliphatic heterocycles. The number of esters is 1. The molecule has 0 unspecified atom stereocenters. The van der Waals surface area contributed by atoms with E-state index >= 15 is 0 Å². The average Bonchev–Trinajstić information content (AvgIpc) is 2.63. The number of carbonyl (C=O) groups is 1. The molecule has 0 amide bonds. The highest BCUT2D eigenvalue weighted by atomic mass is 16.5. The van der Waals surface area contributed by atoms with E-state index in [2.05, 4.69) is 4.99 Å². The van der Waals surface area contributed by atoms with Crippen molar-refractivity contribution in [1.29, 1.82) is 0 Å². The Labute approximate surface area is 142 Å². The molecule has 24 heavy (non-hydrogen) atoms. The molecular formula is C20H22N2O2. The molecule has 1 atom stereocenters. The normalized spacial score (nSPS) is 13.0. The van der Waals surface area contributed by atoms with Gasteiger partial charge in [0.15, 0.2) is 6.04 Å². The Hall–Kier alpha value is -2.72.